The molecule has 0 atom stereocenters. The van der Waals surface area contributed by atoms with E-state index in [0.29, 0.717) is 0 Å². The summed E-state index contributed by atoms with van der Waals surface area (Å²) in [6.45, 7) is 0.522. The number of aromatic nitrogens is 1. The van der Waals surface area contributed by atoms with Gasteiger partial charge in [-0.1, -0.05) is 12.1 Å². The van der Waals surface area contributed by atoms with Crippen molar-refractivity contribution >= 4 is 10.0 Å². The van der Waals surface area contributed by atoms with Crippen LogP contribution in [0.2, 0.25) is 0 Å². The molecule has 1 aromatic carbocycles. The van der Waals surface area contributed by atoms with E-state index in [4.69, 9.17) is 9.47 Å². The zero-order valence-corrected chi connectivity index (χ0v) is 15.4. The van der Waals surface area contributed by atoms with E-state index in [0.717, 1.165) is 0 Å². The van der Waals surface area contributed by atoms with Crippen LogP contribution in [0.4, 0.5) is 4.39 Å². The number of rotatable bonds is 5. The van der Waals surface area contributed by atoms with Crippen molar-refractivity contribution in [1.82, 2.24) is 9.71 Å². The van der Waals surface area contributed by atoms with E-state index in [1.54, 1.807) is 12.1 Å². The number of pyridine rings is 1. The van der Waals surface area contributed by atoms with Gasteiger partial charge in [0, 0.05) is 25.0 Å². The Hall–Kier alpha value is -2.54. The molecule has 9 heteroatoms. The Morgan fingerprint density at radius 1 is 1.30 bits per heavy atom. The molecule has 2 aromatic rings. The maximum Gasteiger partial charge on any atom is 0.244 e. The average Bonchev–Trinajstić information content (AvgIpc) is 2.68. The van der Waals surface area contributed by atoms with Gasteiger partial charge in [-0.15, -0.1) is 0 Å². The Bertz CT molecular complexity index is 982. The highest BCUT2D eigenvalue weighted by molar-refractivity contribution is 7.89. The van der Waals surface area contributed by atoms with E-state index in [1.165, 1.54) is 37.6 Å². The number of nitriles is 1. The number of benzene rings is 1. The van der Waals surface area contributed by atoms with Crippen LogP contribution in [0.5, 0.6) is 5.75 Å². The molecule has 1 saturated heterocycles. The lowest BCUT2D eigenvalue weighted by molar-refractivity contribution is 0.0444. The number of hydrogen-bond acceptors (Lipinski definition) is 6. The third-order valence-corrected chi connectivity index (χ3v) is 6.11. The molecule has 0 saturated carbocycles. The maximum absolute atomic E-state index is 15.0. The molecule has 1 aliphatic heterocycles. The summed E-state index contributed by atoms with van der Waals surface area (Å²) < 4.78 is 54.0. The quantitative estimate of drug-likeness (QED) is 0.837. The Labute approximate surface area is 156 Å². The molecule has 1 N–H and O–H groups in total. The molecular formula is C18H18FN3O4S. The molecule has 1 fully saturated rings. The van der Waals surface area contributed by atoms with Gasteiger partial charge in [0.25, 0.3) is 0 Å². The van der Waals surface area contributed by atoms with Crippen molar-refractivity contribution in [3.63, 3.8) is 0 Å². The SMILES string of the molecule is COc1cccc(C2(NS(=O)(=O)c3cccnc3C#N)CCOCC2)c1F. The van der Waals surface area contributed by atoms with Gasteiger partial charge >= 0.3 is 0 Å². The highest BCUT2D eigenvalue weighted by Crippen LogP contribution is 2.38. The summed E-state index contributed by atoms with van der Waals surface area (Å²) >= 11 is 0. The summed E-state index contributed by atoms with van der Waals surface area (Å²) in [5.41, 5.74) is -1.27. The normalized spacial score (nSPS) is 16.5. The van der Waals surface area contributed by atoms with E-state index in [-0.39, 0.29) is 48.0 Å². The van der Waals surface area contributed by atoms with Crippen molar-refractivity contribution in [2.75, 3.05) is 20.3 Å². The van der Waals surface area contributed by atoms with Gasteiger partial charge in [-0.25, -0.2) is 22.5 Å². The van der Waals surface area contributed by atoms with Crippen molar-refractivity contribution < 1.29 is 22.3 Å². The molecule has 142 valence electrons. The number of hydrogen-bond donors (Lipinski definition) is 1. The van der Waals surface area contributed by atoms with Crippen molar-refractivity contribution in [1.29, 1.82) is 5.26 Å². The van der Waals surface area contributed by atoms with Crippen LogP contribution in [0.15, 0.2) is 41.4 Å². The van der Waals surface area contributed by atoms with Gasteiger partial charge in [0.1, 0.15) is 11.0 Å². The third kappa shape index (κ3) is 3.64. The fourth-order valence-corrected chi connectivity index (χ4v) is 4.74. The van der Waals surface area contributed by atoms with Crippen LogP contribution in [0.1, 0.15) is 24.1 Å². The number of halogens is 1. The first kappa shape index (κ1) is 19.2. The molecule has 0 spiro atoms. The second kappa shape index (κ2) is 7.60. The molecular weight excluding hydrogens is 373 g/mol. The fraction of sp³-hybridized carbons (Fsp3) is 0.333. The first-order chi connectivity index (χ1) is 12.9. The van der Waals surface area contributed by atoms with Crippen LogP contribution in [0.3, 0.4) is 0 Å². The summed E-state index contributed by atoms with van der Waals surface area (Å²) in [6.07, 6.45) is 1.81. The van der Waals surface area contributed by atoms with Crippen molar-refractivity contribution in [3.05, 3.63) is 53.6 Å². The molecule has 27 heavy (non-hydrogen) atoms. The van der Waals surface area contributed by atoms with Gasteiger partial charge in [0.05, 0.1) is 12.6 Å². The topological polar surface area (TPSA) is 101 Å². The molecule has 2 heterocycles. The Kier molecular flexibility index (Phi) is 5.41. The van der Waals surface area contributed by atoms with Crippen molar-refractivity contribution in [2.24, 2.45) is 0 Å². The third-order valence-electron chi connectivity index (χ3n) is 4.54. The zero-order valence-electron chi connectivity index (χ0n) is 14.6. The fourth-order valence-electron chi connectivity index (χ4n) is 3.19. The molecule has 7 nitrogen and oxygen atoms in total. The Morgan fingerprint density at radius 3 is 2.70 bits per heavy atom. The van der Waals surface area contributed by atoms with Crippen LogP contribution >= 0.6 is 0 Å². The molecule has 1 aliphatic rings. The second-order valence-electron chi connectivity index (χ2n) is 6.08. The van der Waals surface area contributed by atoms with Gasteiger partial charge in [-0.2, -0.15) is 5.26 Å². The van der Waals surface area contributed by atoms with Crippen LogP contribution in [-0.4, -0.2) is 33.7 Å². The van der Waals surface area contributed by atoms with E-state index >= 15 is 0 Å². The minimum Gasteiger partial charge on any atom is -0.494 e. The lowest BCUT2D eigenvalue weighted by atomic mass is 9.83. The van der Waals surface area contributed by atoms with Crippen LogP contribution in [0, 0.1) is 17.1 Å². The number of nitrogens with one attached hydrogen (secondary N) is 1. The highest BCUT2D eigenvalue weighted by Gasteiger charge is 2.41. The summed E-state index contributed by atoms with van der Waals surface area (Å²) in [5, 5.41) is 9.18. The first-order valence-corrected chi connectivity index (χ1v) is 9.72. The van der Waals surface area contributed by atoms with Crippen molar-refractivity contribution in [3.8, 4) is 11.8 Å². The standard InChI is InChI=1S/C18H18FN3O4S/c1-25-15-5-2-4-13(17(15)19)18(7-10-26-11-8-18)22-27(23,24)16-6-3-9-21-14(16)12-20/h2-6,9,22H,7-8,10-11H2,1H3. The minimum atomic E-state index is -4.14. The lowest BCUT2D eigenvalue weighted by Crippen LogP contribution is -2.50. The molecule has 3 rings (SSSR count). The molecule has 0 aliphatic carbocycles. The zero-order chi connectivity index (χ0) is 19.5. The molecule has 0 radical (unpaired) electrons. The smallest absolute Gasteiger partial charge is 0.244 e. The van der Waals surface area contributed by atoms with Gasteiger partial charge in [-0.05, 0) is 31.0 Å². The lowest BCUT2D eigenvalue weighted by Gasteiger charge is -2.38. The number of ether oxygens (including phenoxy) is 2. The number of methoxy groups -OCH3 is 1. The minimum absolute atomic E-state index is 0.0247. The van der Waals surface area contributed by atoms with Crippen LogP contribution in [0.25, 0.3) is 0 Å². The highest BCUT2D eigenvalue weighted by atomic mass is 32.2. The molecule has 0 unspecified atom stereocenters. The van der Waals surface area contributed by atoms with Crippen LogP contribution < -0.4 is 9.46 Å². The first-order valence-electron chi connectivity index (χ1n) is 8.23. The number of nitrogens with zero attached hydrogens (tertiary/aromatic N) is 2. The van der Waals surface area contributed by atoms with Crippen molar-refractivity contribution in [2.45, 2.75) is 23.3 Å². The molecule has 1 aromatic heterocycles. The van der Waals surface area contributed by atoms with E-state index in [2.05, 4.69) is 9.71 Å². The largest absolute Gasteiger partial charge is 0.494 e. The average molecular weight is 391 g/mol. The Balaban J connectivity index is 2.10. The van der Waals surface area contributed by atoms with E-state index < -0.39 is 21.4 Å². The predicted octanol–water partition coefficient (Wildman–Crippen LogP) is 2.09. The molecule has 0 amide bonds. The second-order valence-corrected chi connectivity index (χ2v) is 7.73. The number of sulfonamides is 1. The van der Waals surface area contributed by atoms with Gasteiger partial charge in [-0.3, -0.25) is 0 Å². The van der Waals surface area contributed by atoms with E-state index in [9.17, 15) is 18.1 Å². The summed E-state index contributed by atoms with van der Waals surface area (Å²) in [6, 6.07) is 9.10. The molecule has 0 bridgehead atoms. The van der Waals surface area contributed by atoms with Gasteiger partial charge < -0.3 is 9.47 Å². The van der Waals surface area contributed by atoms with E-state index in [1.807, 2.05) is 0 Å². The predicted molar refractivity (Wildman–Crippen MR) is 94.0 cm³/mol. The maximum atomic E-state index is 15.0. The van der Waals surface area contributed by atoms with Gasteiger partial charge in [0.15, 0.2) is 17.3 Å². The Morgan fingerprint density at radius 2 is 2.04 bits per heavy atom. The summed E-state index contributed by atoms with van der Waals surface area (Å²) in [5.74, 6) is -0.604. The monoisotopic (exact) mass is 391 g/mol. The van der Waals surface area contributed by atoms with Gasteiger partial charge in [0.2, 0.25) is 10.0 Å². The summed E-state index contributed by atoms with van der Waals surface area (Å²) in [7, 11) is -2.80. The van der Waals surface area contributed by atoms with Crippen LogP contribution in [-0.2, 0) is 20.3 Å². The summed E-state index contributed by atoms with van der Waals surface area (Å²) in [4.78, 5) is 3.55.